The summed E-state index contributed by atoms with van der Waals surface area (Å²) in [5.74, 6) is -0.643. The lowest BCUT2D eigenvalue weighted by atomic mass is 10.1. The first kappa shape index (κ1) is 20.6. The Balaban J connectivity index is 1.65. The van der Waals surface area contributed by atoms with Crippen molar-refractivity contribution in [3.05, 3.63) is 81.4 Å². The molecule has 0 saturated heterocycles. The lowest BCUT2D eigenvalue weighted by Gasteiger charge is -2.08. The molecule has 30 heavy (non-hydrogen) atoms. The molecule has 0 bridgehead atoms. The Hall–Kier alpha value is -4.15. The van der Waals surface area contributed by atoms with E-state index in [0.29, 0.717) is 22.4 Å². The van der Waals surface area contributed by atoms with Crippen molar-refractivity contribution in [3.8, 4) is 5.75 Å². The first-order chi connectivity index (χ1) is 14.4. The molecule has 1 amide bonds. The van der Waals surface area contributed by atoms with Crippen LogP contribution < -0.4 is 10.2 Å². The second-order valence-corrected chi connectivity index (χ2v) is 6.17. The number of rotatable bonds is 8. The van der Waals surface area contributed by atoms with Crippen LogP contribution in [0.3, 0.4) is 0 Å². The third-order valence-electron chi connectivity index (χ3n) is 4.01. The van der Waals surface area contributed by atoms with Gasteiger partial charge in [0.15, 0.2) is 0 Å². The van der Waals surface area contributed by atoms with Gasteiger partial charge in [-0.2, -0.15) is 9.78 Å². The molecule has 0 aliphatic carbocycles. The van der Waals surface area contributed by atoms with Crippen molar-refractivity contribution in [1.82, 2.24) is 20.2 Å². The third-order valence-corrected chi connectivity index (χ3v) is 4.01. The monoisotopic (exact) mass is 412 g/mol. The summed E-state index contributed by atoms with van der Waals surface area (Å²) in [5.41, 5.74) is 4.44. The Bertz CT molecular complexity index is 1080. The minimum Gasteiger partial charge on any atom is -0.496 e. The molecule has 0 atom stereocenters. The van der Waals surface area contributed by atoms with Crippen molar-refractivity contribution in [2.24, 2.45) is 5.10 Å². The van der Waals surface area contributed by atoms with E-state index in [1.54, 1.807) is 18.2 Å². The highest BCUT2D eigenvalue weighted by molar-refractivity contribution is 5.83. The van der Waals surface area contributed by atoms with Crippen molar-refractivity contribution in [2.75, 3.05) is 7.11 Å². The molecule has 0 spiro atoms. The summed E-state index contributed by atoms with van der Waals surface area (Å²) in [6.07, 6.45) is 2.78. The number of nitrogens with zero attached hydrogens (tertiary/aromatic N) is 5. The minimum absolute atomic E-state index is 0.0660. The fraction of sp³-hybridized carbons (Fsp3) is 0.158. The summed E-state index contributed by atoms with van der Waals surface area (Å²) < 4.78 is 19.5. The van der Waals surface area contributed by atoms with Crippen LogP contribution in [0.1, 0.15) is 16.7 Å². The van der Waals surface area contributed by atoms with Crippen LogP contribution in [-0.2, 0) is 17.8 Å². The highest BCUT2D eigenvalue weighted by atomic mass is 19.1. The molecule has 2 aromatic carbocycles. The number of hydrogen-bond donors (Lipinski definition) is 1. The molecule has 1 heterocycles. The quantitative estimate of drug-likeness (QED) is 0.343. The number of nitrogens with one attached hydrogen (secondary N) is 1. The standard InChI is InChI=1S/C19H17FN6O4/c1-30-17-7-4-14(8-15(17)11-25-12-21-19(24-25)26(28)29)10-22-23-18(27)9-13-2-5-16(20)6-3-13/h2-8,10,12H,9,11H2,1H3,(H,23,27)/b22-10+. The first-order valence-corrected chi connectivity index (χ1v) is 8.71. The predicted octanol–water partition coefficient (Wildman–Crippen LogP) is 2.08. The van der Waals surface area contributed by atoms with Crippen molar-refractivity contribution < 1.29 is 18.8 Å². The number of benzene rings is 2. The van der Waals surface area contributed by atoms with Gasteiger partial charge >= 0.3 is 5.95 Å². The Morgan fingerprint density at radius 1 is 1.33 bits per heavy atom. The van der Waals surface area contributed by atoms with Crippen LogP contribution in [-0.4, -0.2) is 38.9 Å². The maximum Gasteiger partial charge on any atom is 0.490 e. The average molecular weight is 412 g/mol. The van der Waals surface area contributed by atoms with E-state index >= 15 is 0 Å². The normalized spacial score (nSPS) is 10.9. The predicted molar refractivity (Wildman–Crippen MR) is 105 cm³/mol. The van der Waals surface area contributed by atoms with Crippen LogP contribution >= 0.6 is 0 Å². The van der Waals surface area contributed by atoms with E-state index in [4.69, 9.17) is 4.74 Å². The summed E-state index contributed by atoms with van der Waals surface area (Å²) in [6, 6.07) is 10.8. The second kappa shape index (κ2) is 9.37. The summed E-state index contributed by atoms with van der Waals surface area (Å²) in [6.45, 7) is 0.197. The van der Waals surface area contributed by atoms with Gasteiger partial charge in [-0.25, -0.2) is 9.82 Å². The van der Waals surface area contributed by atoms with Gasteiger partial charge in [0.25, 0.3) is 0 Å². The number of carbonyl (C=O) groups is 1. The Morgan fingerprint density at radius 3 is 2.77 bits per heavy atom. The molecule has 0 aliphatic rings. The number of methoxy groups -OCH3 is 1. The number of hydrazone groups is 1. The van der Waals surface area contributed by atoms with Crippen molar-refractivity contribution in [2.45, 2.75) is 13.0 Å². The van der Waals surface area contributed by atoms with Crippen molar-refractivity contribution >= 4 is 18.1 Å². The smallest absolute Gasteiger partial charge is 0.490 e. The van der Waals surface area contributed by atoms with E-state index in [1.165, 1.54) is 48.6 Å². The summed E-state index contributed by atoms with van der Waals surface area (Å²) in [4.78, 5) is 25.6. The average Bonchev–Trinajstić information content (AvgIpc) is 3.19. The molecule has 0 aliphatic heterocycles. The number of amides is 1. The van der Waals surface area contributed by atoms with Gasteiger partial charge in [0, 0.05) is 10.7 Å². The molecule has 3 rings (SSSR count). The van der Waals surface area contributed by atoms with Gasteiger partial charge in [0.2, 0.25) is 12.2 Å². The Kier molecular flexibility index (Phi) is 6.42. The second-order valence-electron chi connectivity index (χ2n) is 6.17. The highest BCUT2D eigenvalue weighted by Crippen LogP contribution is 2.20. The Morgan fingerprint density at radius 2 is 2.10 bits per heavy atom. The molecule has 1 aromatic heterocycles. The van der Waals surface area contributed by atoms with Crippen molar-refractivity contribution in [3.63, 3.8) is 0 Å². The SMILES string of the molecule is COc1ccc(/C=N/NC(=O)Cc2ccc(F)cc2)cc1Cn1cnc([N+](=O)[O-])n1. The minimum atomic E-state index is -0.675. The van der Waals surface area contributed by atoms with Crippen LogP contribution in [0.4, 0.5) is 10.3 Å². The maximum absolute atomic E-state index is 12.9. The Labute approximate surface area is 170 Å². The molecular weight excluding hydrogens is 395 g/mol. The molecule has 10 nitrogen and oxygen atoms in total. The van der Waals surface area contributed by atoms with E-state index < -0.39 is 10.9 Å². The van der Waals surface area contributed by atoms with Crippen LogP contribution in [0.2, 0.25) is 0 Å². The van der Waals surface area contributed by atoms with E-state index in [9.17, 15) is 19.3 Å². The fourth-order valence-corrected chi connectivity index (χ4v) is 2.63. The number of hydrogen-bond acceptors (Lipinski definition) is 7. The van der Waals surface area contributed by atoms with Gasteiger partial charge in [0.1, 0.15) is 11.6 Å². The van der Waals surface area contributed by atoms with Gasteiger partial charge in [-0.1, -0.05) is 17.1 Å². The largest absolute Gasteiger partial charge is 0.496 e. The van der Waals surface area contributed by atoms with E-state index in [1.807, 2.05) is 0 Å². The molecule has 3 aromatic rings. The van der Waals surface area contributed by atoms with Gasteiger partial charge in [-0.3, -0.25) is 4.79 Å². The van der Waals surface area contributed by atoms with Crippen LogP contribution in [0.5, 0.6) is 5.75 Å². The third kappa shape index (κ3) is 5.44. The van der Waals surface area contributed by atoms with Gasteiger partial charge in [0.05, 0.1) is 26.3 Å². The van der Waals surface area contributed by atoms with E-state index in [0.717, 1.165) is 0 Å². The van der Waals surface area contributed by atoms with E-state index in [2.05, 4.69) is 20.6 Å². The highest BCUT2D eigenvalue weighted by Gasteiger charge is 2.15. The summed E-state index contributed by atoms with van der Waals surface area (Å²) in [7, 11) is 1.51. The van der Waals surface area contributed by atoms with Gasteiger partial charge in [-0.05, 0) is 46.4 Å². The maximum atomic E-state index is 12.9. The summed E-state index contributed by atoms with van der Waals surface area (Å²) >= 11 is 0. The number of carbonyl (C=O) groups excluding carboxylic acids is 1. The molecule has 11 heteroatoms. The zero-order valence-corrected chi connectivity index (χ0v) is 15.9. The number of nitro groups is 1. The fourth-order valence-electron chi connectivity index (χ4n) is 2.63. The molecule has 0 unspecified atom stereocenters. The first-order valence-electron chi connectivity index (χ1n) is 8.71. The molecule has 0 saturated carbocycles. The number of ether oxygens (including phenoxy) is 1. The summed E-state index contributed by atoms with van der Waals surface area (Å²) in [5, 5.41) is 18.4. The lowest BCUT2D eigenvalue weighted by Crippen LogP contribution is -2.19. The topological polar surface area (TPSA) is 125 Å². The lowest BCUT2D eigenvalue weighted by molar-refractivity contribution is -0.394. The number of aromatic nitrogens is 3. The van der Waals surface area contributed by atoms with Crippen molar-refractivity contribution in [1.29, 1.82) is 0 Å². The van der Waals surface area contributed by atoms with Crippen LogP contribution in [0.15, 0.2) is 53.9 Å². The molecule has 0 radical (unpaired) electrons. The zero-order valence-electron chi connectivity index (χ0n) is 15.9. The van der Waals surface area contributed by atoms with Gasteiger partial charge < -0.3 is 14.9 Å². The molecule has 154 valence electrons. The molecule has 1 N–H and O–H groups in total. The molecular formula is C19H17FN6O4. The molecule has 0 fully saturated rings. The van der Waals surface area contributed by atoms with Crippen LogP contribution in [0.25, 0.3) is 0 Å². The zero-order chi connectivity index (χ0) is 21.5. The van der Waals surface area contributed by atoms with Crippen LogP contribution in [0, 0.1) is 15.9 Å². The van der Waals surface area contributed by atoms with Gasteiger partial charge in [-0.15, -0.1) is 0 Å². The number of halogens is 1. The van der Waals surface area contributed by atoms with E-state index in [-0.39, 0.29) is 24.7 Å².